The molecule has 0 aromatic heterocycles. The third-order valence-corrected chi connectivity index (χ3v) is 1.93. The Hall–Kier alpha value is -2.10. The van der Waals surface area contributed by atoms with Crippen LogP contribution in [0.3, 0.4) is 0 Å². The second-order valence-electron chi connectivity index (χ2n) is 3.28. The number of ether oxygens (including phenoxy) is 2. The van der Waals surface area contributed by atoms with Gasteiger partial charge in [-0.3, -0.25) is 4.79 Å². The Kier molecular flexibility index (Phi) is 4.94. The molecule has 0 aliphatic carbocycles. The molecule has 0 fully saturated rings. The maximum absolute atomic E-state index is 11.4. The first-order valence-corrected chi connectivity index (χ1v) is 5.24. The molecule has 0 atom stereocenters. The van der Waals surface area contributed by atoms with E-state index in [1.807, 2.05) is 18.2 Å². The number of hydrogen-bond acceptors (Lipinski definition) is 4. The molecule has 0 aliphatic heterocycles. The molecule has 0 saturated carbocycles. The van der Waals surface area contributed by atoms with Gasteiger partial charge >= 0.3 is 11.9 Å². The van der Waals surface area contributed by atoms with Crippen molar-refractivity contribution in [3.8, 4) is 0 Å². The average Bonchev–Trinajstić information content (AvgIpc) is 2.30. The summed E-state index contributed by atoms with van der Waals surface area (Å²) in [5.74, 6) is -1.53. The lowest BCUT2D eigenvalue weighted by atomic mass is 10.2. The predicted octanol–water partition coefficient (Wildman–Crippen LogP) is 1.85. The minimum Gasteiger partial charge on any atom is -0.460 e. The third-order valence-electron chi connectivity index (χ3n) is 1.93. The highest BCUT2D eigenvalue weighted by Gasteiger charge is 2.14. The Bertz CT molecular complexity index is 409. The molecule has 90 valence electrons. The summed E-state index contributed by atoms with van der Waals surface area (Å²) in [6, 6.07) is 9.10. The molecule has 1 aromatic rings. The highest BCUT2D eigenvalue weighted by atomic mass is 16.6. The van der Waals surface area contributed by atoms with E-state index in [1.165, 1.54) is 0 Å². The second-order valence-corrected chi connectivity index (χ2v) is 3.28. The maximum atomic E-state index is 11.4. The second kappa shape index (κ2) is 6.48. The molecule has 0 N–H and O–H groups in total. The molecule has 0 spiro atoms. The SMILES string of the molecule is C=C(OC(=O)Cc1ccccc1)C(=O)OCC. The molecule has 0 aliphatic rings. The lowest BCUT2D eigenvalue weighted by Gasteiger charge is -2.06. The smallest absolute Gasteiger partial charge is 0.373 e. The number of esters is 2. The van der Waals surface area contributed by atoms with E-state index in [1.54, 1.807) is 19.1 Å². The van der Waals surface area contributed by atoms with Crippen LogP contribution in [0.5, 0.6) is 0 Å². The van der Waals surface area contributed by atoms with Crippen LogP contribution in [-0.2, 0) is 25.5 Å². The number of hydrogen-bond donors (Lipinski definition) is 0. The zero-order valence-corrected chi connectivity index (χ0v) is 9.64. The third kappa shape index (κ3) is 4.51. The Morgan fingerprint density at radius 3 is 2.47 bits per heavy atom. The van der Waals surface area contributed by atoms with Crippen molar-refractivity contribution in [1.82, 2.24) is 0 Å². The number of benzene rings is 1. The minimum absolute atomic E-state index is 0.0965. The van der Waals surface area contributed by atoms with Gasteiger partial charge in [-0.25, -0.2) is 4.79 Å². The largest absolute Gasteiger partial charge is 0.460 e. The fourth-order valence-electron chi connectivity index (χ4n) is 1.19. The van der Waals surface area contributed by atoms with E-state index >= 15 is 0 Å². The molecule has 0 radical (unpaired) electrons. The fraction of sp³-hybridized carbons (Fsp3) is 0.231. The van der Waals surface area contributed by atoms with Crippen LogP contribution in [0, 0.1) is 0 Å². The molecular formula is C13H14O4. The van der Waals surface area contributed by atoms with Crippen molar-refractivity contribution in [2.75, 3.05) is 6.61 Å². The standard InChI is InChI=1S/C13H14O4/c1-3-16-13(15)10(2)17-12(14)9-11-7-5-4-6-8-11/h4-8H,2-3,9H2,1H3. The number of carbonyl (C=O) groups excluding carboxylic acids is 2. The van der Waals surface area contributed by atoms with Crippen molar-refractivity contribution in [3.63, 3.8) is 0 Å². The molecule has 0 unspecified atom stereocenters. The summed E-state index contributed by atoms with van der Waals surface area (Å²) in [5, 5.41) is 0. The Labute approximate surface area is 99.8 Å². The summed E-state index contributed by atoms with van der Waals surface area (Å²) in [4.78, 5) is 22.6. The van der Waals surface area contributed by atoms with E-state index in [0.717, 1.165) is 5.56 Å². The first-order chi connectivity index (χ1) is 8.13. The normalized spacial score (nSPS) is 9.47. The Morgan fingerprint density at radius 2 is 1.88 bits per heavy atom. The average molecular weight is 234 g/mol. The molecule has 0 bridgehead atoms. The molecule has 1 aromatic carbocycles. The van der Waals surface area contributed by atoms with Gasteiger partial charge in [-0.1, -0.05) is 30.3 Å². The van der Waals surface area contributed by atoms with Crippen molar-refractivity contribution >= 4 is 11.9 Å². The van der Waals surface area contributed by atoms with Gasteiger partial charge < -0.3 is 9.47 Å². The Balaban J connectivity index is 2.45. The van der Waals surface area contributed by atoms with Gasteiger partial charge in [0.25, 0.3) is 0 Å². The van der Waals surface area contributed by atoms with Crippen molar-refractivity contribution in [1.29, 1.82) is 0 Å². The monoisotopic (exact) mass is 234 g/mol. The van der Waals surface area contributed by atoms with Crippen LogP contribution in [0.15, 0.2) is 42.7 Å². The topological polar surface area (TPSA) is 52.6 Å². The first-order valence-electron chi connectivity index (χ1n) is 5.24. The molecule has 1 rings (SSSR count). The highest BCUT2D eigenvalue weighted by molar-refractivity contribution is 5.89. The minimum atomic E-state index is -0.714. The lowest BCUT2D eigenvalue weighted by molar-refractivity contribution is -0.150. The molecule has 4 heteroatoms. The van der Waals surface area contributed by atoms with Crippen molar-refractivity contribution in [2.45, 2.75) is 13.3 Å². The number of carbonyl (C=O) groups is 2. The number of rotatable bonds is 5. The van der Waals surface area contributed by atoms with Crippen LogP contribution in [0.25, 0.3) is 0 Å². The summed E-state index contributed by atoms with van der Waals surface area (Å²) < 4.78 is 9.40. The summed E-state index contributed by atoms with van der Waals surface area (Å²) in [7, 11) is 0. The van der Waals surface area contributed by atoms with E-state index in [2.05, 4.69) is 11.3 Å². The van der Waals surface area contributed by atoms with Gasteiger partial charge in [0, 0.05) is 0 Å². The van der Waals surface area contributed by atoms with Gasteiger partial charge in [-0.05, 0) is 19.1 Å². The fourth-order valence-corrected chi connectivity index (χ4v) is 1.19. The van der Waals surface area contributed by atoms with Crippen molar-refractivity contribution < 1.29 is 19.1 Å². The summed E-state index contributed by atoms with van der Waals surface area (Å²) in [6.45, 7) is 5.22. The van der Waals surface area contributed by atoms with Gasteiger partial charge in [0.05, 0.1) is 13.0 Å². The molecule has 0 saturated heterocycles. The van der Waals surface area contributed by atoms with Gasteiger partial charge in [0.15, 0.2) is 0 Å². The molecule has 0 amide bonds. The highest BCUT2D eigenvalue weighted by Crippen LogP contribution is 2.04. The van der Waals surface area contributed by atoms with Gasteiger partial charge in [-0.15, -0.1) is 0 Å². The summed E-state index contributed by atoms with van der Waals surface area (Å²) in [6.07, 6.45) is 0.0965. The summed E-state index contributed by atoms with van der Waals surface area (Å²) in [5.41, 5.74) is 0.814. The van der Waals surface area contributed by atoms with Gasteiger partial charge in [0.2, 0.25) is 5.76 Å². The van der Waals surface area contributed by atoms with Crippen molar-refractivity contribution in [2.24, 2.45) is 0 Å². The van der Waals surface area contributed by atoms with Crippen LogP contribution in [-0.4, -0.2) is 18.5 Å². The van der Waals surface area contributed by atoms with Crippen LogP contribution in [0.4, 0.5) is 0 Å². The first kappa shape index (κ1) is 13.0. The van der Waals surface area contributed by atoms with Gasteiger partial charge in [-0.2, -0.15) is 0 Å². The van der Waals surface area contributed by atoms with E-state index in [9.17, 15) is 9.59 Å². The molecule has 17 heavy (non-hydrogen) atoms. The van der Waals surface area contributed by atoms with E-state index < -0.39 is 11.9 Å². The predicted molar refractivity (Wildman–Crippen MR) is 62.0 cm³/mol. The van der Waals surface area contributed by atoms with Crippen LogP contribution in [0.1, 0.15) is 12.5 Å². The lowest BCUT2D eigenvalue weighted by Crippen LogP contribution is -2.15. The van der Waals surface area contributed by atoms with E-state index in [-0.39, 0.29) is 18.8 Å². The summed E-state index contributed by atoms with van der Waals surface area (Å²) >= 11 is 0. The van der Waals surface area contributed by atoms with Crippen molar-refractivity contribution in [3.05, 3.63) is 48.2 Å². The maximum Gasteiger partial charge on any atom is 0.373 e. The molecule has 4 nitrogen and oxygen atoms in total. The molecule has 0 heterocycles. The van der Waals surface area contributed by atoms with Crippen LogP contribution < -0.4 is 0 Å². The van der Waals surface area contributed by atoms with E-state index in [4.69, 9.17) is 4.74 Å². The molecular weight excluding hydrogens is 220 g/mol. The van der Waals surface area contributed by atoms with Crippen LogP contribution >= 0.6 is 0 Å². The zero-order valence-electron chi connectivity index (χ0n) is 9.64. The quantitative estimate of drug-likeness (QED) is 0.443. The van der Waals surface area contributed by atoms with Crippen LogP contribution in [0.2, 0.25) is 0 Å². The van der Waals surface area contributed by atoms with E-state index in [0.29, 0.717) is 0 Å². The Morgan fingerprint density at radius 1 is 1.24 bits per heavy atom. The van der Waals surface area contributed by atoms with Gasteiger partial charge in [0.1, 0.15) is 0 Å². The zero-order chi connectivity index (χ0) is 12.7.